The second-order valence-corrected chi connectivity index (χ2v) is 6.64. The van der Waals surface area contributed by atoms with E-state index in [-0.39, 0.29) is 5.56 Å². The summed E-state index contributed by atoms with van der Waals surface area (Å²) in [5.74, 6) is -1.62. The number of benzene rings is 2. The van der Waals surface area contributed by atoms with Crippen molar-refractivity contribution in [2.75, 3.05) is 6.61 Å². The van der Waals surface area contributed by atoms with Crippen LogP contribution in [0.15, 0.2) is 48.5 Å². The Balaban J connectivity index is 1.66. The van der Waals surface area contributed by atoms with Gasteiger partial charge in [0, 0.05) is 11.1 Å². The minimum Gasteiger partial charge on any atom is -0.394 e. The predicted octanol–water partition coefficient (Wildman–Crippen LogP) is -0.151. The number of para-hydroxylation sites is 2. The van der Waals surface area contributed by atoms with E-state index in [1.807, 2.05) is 24.3 Å². The largest absolute Gasteiger partial charge is 0.394 e. The number of ether oxygens (including phenoxy) is 1. The quantitative estimate of drug-likeness (QED) is 0.376. The second kappa shape index (κ2) is 6.68. The normalized spacial score (nSPS) is 31.3. The summed E-state index contributed by atoms with van der Waals surface area (Å²) in [6, 6.07) is 14.0. The van der Waals surface area contributed by atoms with Gasteiger partial charge < -0.3 is 35.3 Å². The Hall–Kier alpha value is -2.33. The zero-order chi connectivity index (χ0) is 19.2. The summed E-state index contributed by atoms with van der Waals surface area (Å²) in [4.78, 5) is 7.70. The number of rotatable bonds is 3. The van der Waals surface area contributed by atoms with Crippen LogP contribution in [0.25, 0.3) is 22.4 Å². The van der Waals surface area contributed by atoms with Crippen LogP contribution in [0.4, 0.5) is 0 Å². The van der Waals surface area contributed by atoms with Crippen LogP contribution in [-0.4, -0.2) is 66.5 Å². The lowest BCUT2D eigenvalue weighted by atomic mass is 9.88. The molecule has 1 aliphatic heterocycles. The molecule has 1 aromatic heterocycles. The van der Waals surface area contributed by atoms with Gasteiger partial charge in [-0.3, -0.25) is 0 Å². The highest BCUT2D eigenvalue weighted by molar-refractivity contribution is 5.79. The summed E-state index contributed by atoms with van der Waals surface area (Å²) < 4.78 is 5.32. The van der Waals surface area contributed by atoms with Crippen LogP contribution < -0.4 is 0 Å². The van der Waals surface area contributed by atoms with Crippen molar-refractivity contribution in [1.29, 1.82) is 0 Å². The van der Waals surface area contributed by atoms with Crippen molar-refractivity contribution in [3.8, 4) is 11.4 Å². The summed E-state index contributed by atoms with van der Waals surface area (Å²) in [7, 11) is 0. The van der Waals surface area contributed by atoms with Gasteiger partial charge in [-0.15, -0.1) is 0 Å². The molecule has 4 rings (SSSR count). The van der Waals surface area contributed by atoms with Gasteiger partial charge in [0.05, 0.1) is 17.6 Å². The first-order valence-electron chi connectivity index (χ1n) is 8.55. The van der Waals surface area contributed by atoms with Gasteiger partial charge in [-0.05, 0) is 12.1 Å². The molecule has 0 radical (unpaired) electrons. The summed E-state index contributed by atoms with van der Waals surface area (Å²) in [6.07, 6.45) is -6.20. The topological polar surface area (TPSA) is 139 Å². The predicted molar refractivity (Wildman–Crippen MR) is 95.4 cm³/mol. The van der Waals surface area contributed by atoms with Crippen LogP contribution in [0.5, 0.6) is 0 Å². The van der Waals surface area contributed by atoms with Crippen molar-refractivity contribution in [1.82, 2.24) is 9.97 Å². The summed E-state index contributed by atoms with van der Waals surface area (Å²) in [5.41, 5.74) is 2.65. The smallest absolute Gasteiger partial charge is 0.222 e. The SMILES string of the molecule is OC[C@H]1O[C@](O)(c2ccc(-c3nc4ccccc4[nH]3)cc2)[C@H](O)[C@H](O)[C@@H]1O. The van der Waals surface area contributed by atoms with Crippen LogP contribution >= 0.6 is 0 Å². The first-order chi connectivity index (χ1) is 12.9. The van der Waals surface area contributed by atoms with Crippen molar-refractivity contribution in [3.63, 3.8) is 0 Å². The minimum absolute atomic E-state index is 0.180. The van der Waals surface area contributed by atoms with Gasteiger partial charge in [0.15, 0.2) is 0 Å². The molecule has 0 aliphatic carbocycles. The third-order valence-corrected chi connectivity index (χ3v) is 4.93. The maximum atomic E-state index is 10.8. The maximum Gasteiger partial charge on any atom is 0.222 e. The Bertz CT molecular complexity index is 908. The van der Waals surface area contributed by atoms with Crippen LogP contribution in [0, 0.1) is 0 Å². The average Bonchev–Trinajstić information content (AvgIpc) is 3.13. The van der Waals surface area contributed by atoms with E-state index in [1.165, 1.54) is 12.1 Å². The number of hydrogen-bond donors (Lipinski definition) is 6. The van der Waals surface area contributed by atoms with E-state index >= 15 is 0 Å². The molecule has 0 bridgehead atoms. The fourth-order valence-electron chi connectivity index (χ4n) is 3.35. The van der Waals surface area contributed by atoms with E-state index < -0.39 is 36.8 Å². The van der Waals surface area contributed by atoms with Gasteiger partial charge in [-0.2, -0.15) is 0 Å². The Morgan fingerprint density at radius 3 is 2.37 bits per heavy atom. The van der Waals surface area contributed by atoms with E-state index in [0.29, 0.717) is 5.82 Å². The van der Waals surface area contributed by atoms with Crippen LogP contribution in [-0.2, 0) is 10.5 Å². The van der Waals surface area contributed by atoms with Gasteiger partial charge in [0.1, 0.15) is 30.2 Å². The third-order valence-electron chi connectivity index (χ3n) is 4.93. The molecule has 2 aromatic carbocycles. The highest BCUT2D eigenvalue weighted by Crippen LogP contribution is 2.37. The molecule has 8 nitrogen and oxygen atoms in total. The maximum absolute atomic E-state index is 10.8. The van der Waals surface area contributed by atoms with Crippen LogP contribution in [0.2, 0.25) is 0 Å². The number of nitrogens with one attached hydrogen (secondary N) is 1. The number of imidazole rings is 1. The van der Waals surface area contributed by atoms with Crippen molar-refractivity contribution < 1.29 is 30.3 Å². The number of H-pyrrole nitrogens is 1. The number of aromatic amines is 1. The molecular weight excluding hydrogens is 352 g/mol. The molecule has 142 valence electrons. The average molecular weight is 372 g/mol. The minimum atomic E-state index is -2.27. The van der Waals surface area contributed by atoms with Crippen molar-refractivity contribution in [2.45, 2.75) is 30.2 Å². The number of hydrogen-bond acceptors (Lipinski definition) is 7. The Morgan fingerprint density at radius 1 is 1.00 bits per heavy atom. The lowest BCUT2D eigenvalue weighted by Gasteiger charge is -2.45. The van der Waals surface area contributed by atoms with E-state index in [0.717, 1.165) is 16.6 Å². The fraction of sp³-hybridized carbons (Fsp3) is 0.316. The lowest BCUT2D eigenvalue weighted by Crippen LogP contribution is -2.63. The zero-order valence-electron chi connectivity index (χ0n) is 14.2. The van der Waals surface area contributed by atoms with Crippen molar-refractivity contribution in [3.05, 3.63) is 54.1 Å². The standard InChI is InChI=1S/C19H20N2O6/c22-9-14-15(23)16(24)17(25)19(26,27-14)11-7-5-10(6-8-11)18-20-12-3-1-2-4-13(12)21-18/h1-8,14-17,22-26H,9H2,(H,20,21)/t14-,15-,16-,17-,19-/m1/s1. The van der Waals surface area contributed by atoms with Gasteiger partial charge in [0.2, 0.25) is 5.79 Å². The molecule has 1 fully saturated rings. The van der Waals surface area contributed by atoms with Crippen molar-refractivity contribution in [2.24, 2.45) is 0 Å². The molecule has 3 aromatic rings. The molecule has 0 unspecified atom stereocenters. The summed E-state index contributed by atoms with van der Waals surface area (Å²) in [5, 5.41) is 50.2. The number of aliphatic hydroxyl groups excluding tert-OH is 4. The molecule has 6 N–H and O–H groups in total. The molecule has 0 amide bonds. The van der Waals surface area contributed by atoms with Gasteiger partial charge in [-0.25, -0.2) is 4.98 Å². The third kappa shape index (κ3) is 2.92. The highest BCUT2D eigenvalue weighted by atomic mass is 16.7. The number of aromatic nitrogens is 2. The fourth-order valence-corrected chi connectivity index (χ4v) is 3.35. The van der Waals surface area contributed by atoms with Crippen LogP contribution in [0.1, 0.15) is 5.56 Å². The van der Waals surface area contributed by atoms with E-state index in [2.05, 4.69) is 9.97 Å². The van der Waals surface area contributed by atoms with E-state index in [4.69, 9.17) is 4.74 Å². The van der Waals surface area contributed by atoms with Crippen LogP contribution in [0.3, 0.4) is 0 Å². The number of aliphatic hydroxyl groups is 5. The number of fused-ring (bicyclic) bond motifs is 1. The molecule has 0 saturated carbocycles. The second-order valence-electron chi connectivity index (χ2n) is 6.64. The molecule has 2 heterocycles. The summed E-state index contributed by atoms with van der Waals surface area (Å²) >= 11 is 0. The Labute approximate surface area is 154 Å². The molecule has 5 atom stereocenters. The van der Waals surface area contributed by atoms with E-state index in [9.17, 15) is 25.5 Å². The molecule has 27 heavy (non-hydrogen) atoms. The molecule has 8 heteroatoms. The van der Waals surface area contributed by atoms with Crippen molar-refractivity contribution >= 4 is 11.0 Å². The van der Waals surface area contributed by atoms with Gasteiger partial charge in [-0.1, -0.05) is 36.4 Å². The van der Waals surface area contributed by atoms with E-state index in [1.54, 1.807) is 12.1 Å². The highest BCUT2D eigenvalue weighted by Gasteiger charge is 2.53. The Kier molecular flexibility index (Phi) is 4.47. The molecule has 0 spiro atoms. The first kappa shape index (κ1) is 18.1. The number of nitrogens with zero attached hydrogens (tertiary/aromatic N) is 1. The molecule has 1 aliphatic rings. The monoisotopic (exact) mass is 372 g/mol. The van der Waals surface area contributed by atoms with Gasteiger partial charge >= 0.3 is 0 Å². The summed E-state index contributed by atoms with van der Waals surface area (Å²) in [6.45, 7) is -0.621. The molecular formula is C19H20N2O6. The first-order valence-corrected chi connectivity index (χ1v) is 8.55. The Morgan fingerprint density at radius 2 is 1.70 bits per heavy atom. The van der Waals surface area contributed by atoms with Gasteiger partial charge in [0.25, 0.3) is 0 Å². The lowest BCUT2D eigenvalue weighted by molar-refractivity contribution is -0.357. The zero-order valence-corrected chi connectivity index (χ0v) is 14.2. The molecule has 1 saturated heterocycles.